The lowest BCUT2D eigenvalue weighted by atomic mass is 9.64. The van der Waals surface area contributed by atoms with Crippen LogP contribution in [0, 0.1) is 11.8 Å². The van der Waals surface area contributed by atoms with Crippen LogP contribution in [-0.2, 0) is 15.0 Å². The van der Waals surface area contributed by atoms with Gasteiger partial charge in [0.15, 0.2) is 0 Å². The Morgan fingerprint density at radius 3 is 2.27 bits per heavy atom. The van der Waals surface area contributed by atoms with Crippen LogP contribution in [0.2, 0.25) is 0 Å². The first-order chi connectivity index (χ1) is 10.5. The summed E-state index contributed by atoms with van der Waals surface area (Å²) >= 11 is 3.45. The first-order valence-corrected chi connectivity index (χ1v) is 8.58. The van der Waals surface area contributed by atoms with Gasteiger partial charge in [-0.3, -0.25) is 9.59 Å². The standard InChI is InChI=1S/C17H20BrNO3/c18-12-4-2-11(3-5-12)17(8-1-9-17)10-19-15(20)13-6-7-14(13)16(21)22/h2-5,13-14H,1,6-10H2,(H,19,20)(H,21,22). The first kappa shape index (κ1) is 15.5. The van der Waals surface area contributed by atoms with E-state index in [0.717, 1.165) is 17.3 Å². The number of halogens is 1. The van der Waals surface area contributed by atoms with Crippen molar-refractivity contribution in [1.82, 2.24) is 5.32 Å². The number of hydrogen-bond acceptors (Lipinski definition) is 2. The van der Waals surface area contributed by atoms with E-state index in [0.29, 0.717) is 19.4 Å². The van der Waals surface area contributed by atoms with Gasteiger partial charge >= 0.3 is 5.97 Å². The molecule has 5 heteroatoms. The molecule has 2 aliphatic rings. The molecule has 2 unspecified atom stereocenters. The molecule has 1 aromatic carbocycles. The van der Waals surface area contributed by atoms with Gasteiger partial charge in [0.25, 0.3) is 0 Å². The summed E-state index contributed by atoms with van der Waals surface area (Å²) in [6, 6.07) is 8.28. The fourth-order valence-corrected chi connectivity index (χ4v) is 3.74. The van der Waals surface area contributed by atoms with Crippen LogP contribution in [0.15, 0.2) is 28.7 Å². The van der Waals surface area contributed by atoms with E-state index in [-0.39, 0.29) is 17.2 Å². The van der Waals surface area contributed by atoms with Gasteiger partial charge in [0.1, 0.15) is 0 Å². The van der Waals surface area contributed by atoms with Crippen LogP contribution >= 0.6 is 15.9 Å². The molecule has 0 radical (unpaired) electrons. The van der Waals surface area contributed by atoms with Gasteiger partial charge in [-0.05, 0) is 43.4 Å². The highest BCUT2D eigenvalue weighted by atomic mass is 79.9. The van der Waals surface area contributed by atoms with Crippen molar-refractivity contribution in [2.24, 2.45) is 11.8 Å². The largest absolute Gasteiger partial charge is 0.481 e. The summed E-state index contributed by atoms with van der Waals surface area (Å²) in [7, 11) is 0. The molecule has 4 nitrogen and oxygen atoms in total. The molecule has 0 aromatic heterocycles. The van der Waals surface area contributed by atoms with Crippen LogP contribution < -0.4 is 5.32 Å². The molecule has 3 rings (SSSR count). The van der Waals surface area contributed by atoms with Crippen molar-refractivity contribution in [2.45, 2.75) is 37.5 Å². The fraction of sp³-hybridized carbons (Fsp3) is 0.529. The van der Waals surface area contributed by atoms with Crippen molar-refractivity contribution in [3.8, 4) is 0 Å². The minimum Gasteiger partial charge on any atom is -0.481 e. The molecule has 2 atom stereocenters. The second-order valence-corrected chi connectivity index (χ2v) is 7.40. The van der Waals surface area contributed by atoms with Crippen molar-refractivity contribution in [1.29, 1.82) is 0 Å². The zero-order valence-electron chi connectivity index (χ0n) is 12.3. The summed E-state index contributed by atoms with van der Waals surface area (Å²) < 4.78 is 1.05. The second-order valence-electron chi connectivity index (χ2n) is 6.49. The van der Waals surface area contributed by atoms with E-state index in [1.165, 1.54) is 12.0 Å². The number of carbonyl (C=O) groups excluding carboxylic acids is 1. The lowest BCUT2D eigenvalue weighted by molar-refractivity contribution is -0.152. The summed E-state index contributed by atoms with van der Waals surface area (Å²) in [5.41, 5.74) is 1.28. The third-order valence-corrected chi connectivity index (χ3v) is 5.83. The predicted molar refractivity (Wildman–Crippen MR) is 86.5 cm³/mol. The van der Waals surface area contributed by atoms with Crippen LogP contribution in [0.3, 0.4) is 0 Å². The topological polar surface area (TPSA) is 66.4 Å². The van der Waals surface area contributed by atoms with Gasteiger partial charge in [-0.2, -0.15) is 0 Å². The maximum atomic E-state index is 12.2. The van der Waals surface area contributed by atoms with Crippen LogP contribution in [0.4, 0.5) is 0 Å². The van der Waals surface area contributed by atoms with E-state index in [4.69, 9.17) is 5.11 Å². The van der Waals surface area contributed by atoms with E-state index >= 15 is 0 Å². The van der Waals surface area contributed by atoms with Gasteiger partial charge in [0, 0.05) is 16.4 Å². The van der Waals surface area contributed by atoms with Gasteiger partial charge in [0.2, 0.25) is 5.91 Å². The van der Waals surface area contributed by atoms with E-state index < -0.39 is 11.9 Å². The Balaban J connectivity index is 1.63. The number of hydrogen-bond donors (Lipinski definition) is 2. The van der Waals surface area contributed by atoms with Gasteiger partial charge < -0.3 is 10.4 Å². The number of carbonyl (C=O) groups is 2. The van der Waals surface area contributed by atoms with Gasteiger partial charge in [0.05, 0.1) is 11.8 Å². The molecule has 1 amide bonds. The number of carboxylic acid groups (broad SMARTS) is 1. The molecule has 0 aliphatic heterocycles. The van der Waals surface area contributed by atoms with Crippen molar-refractivity contribution in [2.75, 3.05) is 6.54 Å². The molecule has 0 heterocycles. The molecule has 2 N–H and O–H groups in total. The summed E-state index contributed by atoms with van der Waals surface area (Å²) in [6.45, 7) is 0.607. The van der Waals surface area contributed by atoms with Gasteiger partial charge in [-0.1, -0.05) is 34.5 Å². The Morgan fingerprint density at radius 2 is 1.82 bits per heavy atom. The molecule has 118 valence electrons. The number of carboxylic acids is 1. The quantitative estimate of drug-likeness (QED) is 0.842. The van der Waals surface area contributed by atoms with E-state index in [1.807, 2.05) is 12.1 Å². The molecular formula is C17H20BrNO3. The maximum absolute atomic E-state index is 12.2. The maximum Gasteiger partial charge on any atom is 0.307 e. The third kappa shape index (κ3) is 2.78. The van der Waals surface area contributed by atoms with Crippen molar-refractivity contribution >= 4 is 27.8 Å². The van der Waals surface area contributed by atoms with Crippen molar-refractivity contribution < 1.29 is 14.7 Å². The van der Waals surface area contributed by atoms with Crippen molar-refractivity contribution in [3.05, 3.63) is 34.3 Å². The Hall–Kier alpha value is -1.36. The Bertz CT molecular complexity index is 580. The van der Waals surface area contributed by atoms with Gasteiger partial charge in [-0.25, -0.2) is 0 Å². The number of aliphatic carboxylic acids is 1. The minimum atomic E-state index is -0.849. The molecule has 0 spiro atoms. The zero-order valence-corrected chi connectivity index (χ0v) is 13.9. The smallest absolute Gasteiger partial charge is 0.307 e. The monoisotopic (exact) mass is 365 g/mol. The number of amides is 1. The first-order valence-electron chi connectivity index (χ1n) is 7.78. The molecule has 2 fully saturated rings. The Labute approximate surface area is 138 Å². The third-order valence-electron chi connectivity index (χ3n) is 5.30. The molecule has 0 bridgehead atoms. The van der Waals surface area contributed by atoms with E-state index in [9.17, 15) is 9.59 Å². The summed E-state index contributed by atoms with van der Waals surface area (Å²) in [5.74, 6) is -1.79. The highest BCUT2D eigenvalue weighted by Gasteiger charge is 2.43. The van der Waals surface area contributed by atoms with E-state index in [2.05, 4.69) is 33.4 Å². The molecule has 22 heavy (non-hydrogen) atoms. The fourth-order valence-electron chi connectivity index (χ4n) is 3.47. The minimum absolute atomic E-state index is 0.0266. The molecule has 2 aliphatic carbocycles. The molecule has 0 saturated heterocycles. The number of benzene rings is 1. The van der Waals surface area contributed by atoms with E-state index in [1.54, 1.807) is 0 Å². The van der Waals surface area contributed by atoms with Crippen LogP contribution in [0.25, 0.3) is 0 Å². The predicted octanol–water partition coefficient (Wildman–Crippen LogP) is 3.10. The van der Waals surface area contributed by atoms with Crippen LogP contribution in [-0.4, -0.2) is 23.5 Å². The number of nitrogens with one attached hydrogen (secondary N) is 1. The molecule has 2 saturated carbocycles. The average Bonchev–Trinajstić information content (AvgIpc) is 2.37. The van der Waals surface area contributed by atoms with Gasteiger partial charge in [-0.15, -0.1) is 0 Å². The Kier molecular flexibility index (Phi) is 4.26. The van der Waals surface area contributed by atoms with Crippen LogP contribution in [0.5, 0.6) is 0 Å². The lowest BCUT2D eigenvalue weighted by Crippen LogP contribution is -2.50. The molecular weight excluding hydrogens is 346 g/mol. The summed E-state index contributed by atoms with van der Waals surface area (Å²) in [6.07, 6.45) is 4.62. The average molecular weight is 366 g/mol. The highest BCUT2D eigenvalue weighted by Crippen LogP contribution is 2.44. The van der Waals surface area contributed by atoms with Crippen molar-refractivity contribution in [3.63, 3.8) is 0 Å². The second kappa shape index (κ2) is 6.03. The highest BCUT2D eigenvalue weighted by molar-refractivity contribution is 9.10. The summed E-state index contributed by atoms with van der Waals surface area (Å²) in [5, 5.41) is 12.1. The Morgan fingerprint density at radius 1 is 1.18 bits per heavy atom. The number of rotatable bonds is 5. The SMILES string of the molecule is O=C(O)C1CCC1C(=O)NCC1(c2ccc(Br)cc2)CCC1. The van der Waals surface area contributed by atoms with Crippen LogP contribution in [0.1, 0.15) is 37.7 Å². The zero-order chi connectivity index (χ0) is 15.7. The normalized spacial score (nSPS) is 25.7. The summed E-state index contributed by atoms with van der Waals surface area (Å²) in [4.78, 5) is 23.3. The lowest BCUT2D eigenvalue weighted by Gasteiger charge is -2.43. The molecule has 1 aromatic rings.